The van der Waals surface area contributed by atoms with E-state index in [4.69, 9.17) is 11.6 Å². The number of carbonyl (C=O) groups is 1. The molecule has 1 heterocycles. The Bertz CT molecular complexity index is 604. The van der Waals surface area contributed by atoms with Crippen LogP contribution in [0, 0.1) is 6.92 Å². The summed E-state index contributed by atoms with van der Waals surface area (Å²) in [6.45, 7) is 5.41. The normalized spacial score (nSPS) is 10.6. The summed E-state index contributed by atoms with van der Waals surface area (Å²) in [5, 5.41) is 8.00. The number of benzene rings is 1. The van der Waals surface area contributed by atoms with Gasteiger partial charge in [-0.3, -0.25) is 9.48 Å². The predicted octanol–water partition coefficient (Wildman–Crippen LogP) is 3.11. The van der Waals surface area contributed by atoms with E-state index in [1.807, 2.05) is 42.1 Å². The molecular formula is C16H20ClN3O. The Morgan fingerprint density at radius 1 is 1.33 bits per heavy atom. The van der Waals surface area contributed by atoms with E-state index in [0.29, 0.717) is 18.0 Å². The zero-order chi connectivity index (χ0) is 15.2. The van der Waals surface area contributed by atoms with Crippen molar-refractivity contribution >= 4 is 17.5 Å². The van der Waals surface area contributed by atoms with Crippen molar-refractivity contribution in [3.63, 3.8) is 0 Å². The molecule has 1 aromatic heterocycles. The van der Waals surface area contributed by atoms with Crippen molar-refractivity contribution in [3.05, 3.63) is 52.3 Å². The third-order valence-corrected chi connectivity index (χ3v) is 3.65. The molecule has 1 amide bonds. The number of hydrogen-bond acceptors (Lipinski definition) is 2. The lowest BCUT2D eigenvalue weighted by Crippen LogP contribution is -2.23. The molecule has 0 fully saturated rings. The first kappa shape index (κ1) is 15.6. The molecule has 2 rings (SSSR count). The van der Waals surface area contributed by atoms with Gasteiger partial charge >= 0.3 is 0 Å². The van der Waals surface area contributed by atoms with Crippen LogP contribution in [0.4, 0.5) is 0 Å². The van der Waals surface area contributed by atoms with Crippen LogP contribution in [0.25, 0.3) is 0 Å². The zero-order valence-corrected chi connectivity index (χ0v) is 13.2. The number of amides is 1. The average molecular weight is 306 g/mol. The fraction of sp³-hybridized carbons (Fsp3) is 0.375. The Hall–Kier alpha value is -1.81. The van der Waals surface area contributed by atoms with Crippen LogP contribution in [0.15, 0.2) is 30.5 Å². The van der Waals surface area contributed by atoms with E-state index in [2.05, 4.69) is 17.3 Å². The van der Waals surface area contributed by atoms with Crippen LogP contribution in [0.2, 0.25) is 5.02 Å². The Morgan fingerprint density at radius 3 is 2.67 bits per heavy atom. The van der Waals surface area contributed by atoms with Gasteiger partial charge in [-0.25, -0.2) is 0 Å². The fourth-order valence-electron chi connectivity index (χ4n) is 2.11. The number of nitrogens with zero attached hydrogens (tertiary/aromatic N) is 2. The summed E-state index contributed by atoms with van der Waals surface area (Å²) in [4.78, 5) is 11.9. The molecular weight excluding hydrogens is 286 g/mol. The van der Waals surface area contributed by atoms with Crippen molar-refractivity contribution in [2.75, 3.05) is 0 Å². The molecule has 0 saturated heterocycles. The molecule has 2 aromatic rings. The van der Waals surface area contributed by atoms with Crippen molar-refractivity contribution in [3.8, 4) is 0 Å². The molecule has 0 saturated carbocycles. The molecule has 0 aliphatic heterocycles. The highest BCUT2D eigenvalue weighted by Crippen LogP contribution is 2.10. The van der Waals surface area contributed by atoms with Gasteiger partial charge in [-0.1, -0.05) is 23.7 Å². The smallest absolute Gasteiger partial charge is 0.220 e. The van der Waals surface area contributed by atoms with Crippen LogP contribution in [0.1, 0.15) is 30.2 Å². The van der Waals surface area contributed by atoms with Gasteiger partial charge in [0.05, 0.1) is 5.69 Å². The lowest BCUT2D eigenvalue weighted by molar-refractivity contribution is -0.121. The Balaban J connectivity index is 1.79. The Labute approximate surface area is 130 Å². The minimum Gasteiger partial charge on any atom is -0.352 e. The van der Waals surface area contributed by atoms with Gasteiger partial charge in [-0.05, 0) is 43.5 Å². The molecule has 0 aliphatic carbocycles. The molecule has 0 atom stereocenters. The second-order valence-electron chi connectivity index (χ2n) is 5.00. The van der Waals surface area contributed by atoms with Crippen LogP contribution >= 0.6 is 11.6 Å². The molecule has 4 nitrogen and oxygen atoms in total. The molecule has 0 radical (unpaired) electrons. The quantitative estimate of drug-likeness (QED) is 0.891. The van der Waals surface area contributed by atoms with Crippen molar-refractivity contribution in [2.45, 2.75) is 39.8 Å². The van der Waals surface area contributed by atoms with Gasteiger partial charge in [0.15, 0.2) is 0 Å². The lowest BCUT2D eigenvalue weighted by atomic mass is 10.1. The number of nitrogens with one attached hydrogen (secondary N) is 1. The number of halogens is 1. The van der Waals surface area contributed by atoms with E-state index in [0.717, 1.165) is 29.8 Å². The molecule has 21 heavy (non-hydrogen) atoms. The third-order valence-electron chi connectivity index (χ3n) is 3.40. The molecule has 112 valence electrons. The zero-order valence-electron chi connectivity index (χ0n) is 12.4. The second-order valence-corrected chi connectivity index (χ2v) is 5.44. The Kier molecular flexibility index (Phi) is 5.39. The largest absolute Gasteiger partial charge is 0.352 e. The van der Waals surface area contributed by atoms with Gasteiger partial charge in [0.2, 0.25) is 5.91 Å². The summed E-state index contributed by atoms with van der Waals surface area (Å²) in [7, 11) is 0. The highest BCUT2D eigenvalue weighted by atomic mass is 35.5. The van der Waals surface area contributed by atoms with Crippen molar-refractivity contribution in [2.24, 2.45) is 0 Å². The fourth-order valence-corrected chi connectivity index (χ4v) is 2.23. The van der Waals surface area contributed by atoms with Crippen LogP contribution in [-0.2, 0) is 24.3 Å². The Morgan fingerprint density at radius 2 is 2.05 bits per heavy atom. The van der Waals surface area contributed by atoms with Gasteiger partial charge in [0, 0.05) is 30.7 Å². The van der Waals surface area contributed by atoms with E-state index >= 15 is 0 Å². The molecule has 0 unspecified atom stereocenters. The van der Waals surface area contributed by atoms with E-state index in [-0.39, 0.29) is 5.91 Å². The van der Waals surface area contributed by atoms with Gasteiger partial charge < -0.3 is 5.32 Å². The highest BCUT2D eigenvalue weighted by Gasteiger charge is 2.07. The standard InChI is InChI=1S/C16H20ClN3O/c1-3-20-11-14(12(2)19-20)6-9-16(21)18-10-13-4-7-15(17)8-5-13/h4-5,7-8,11H,3,6,9-10H2,1-2H3,(H,18,21). The number of aryl methyl sites for hydroxylation is 3. The summed E-state index contributed by atoms with van der Waals surface area (Å²) in [6, 6.07) is 7.48. The summed E-state index contributed by atoms with van der Waals surface area (Å²) in [5.41, 5.74) is 3.18. The van der Waals surface area contributed by atoms with E-state index in [1.54, 1.807) is 0 Å². The van der Waals surface area contributed by atoms with E-state index in [9.17, 15) is 4.79 Å². The van der Waals surface area contributed by atoms with Gasteiger partial charge in [0.25, 0.3) is 0 Å². The SMILES string of the molecule is CCn1cc(CCC(=O)NCc2ccc(Cl)cc2)c(C)n1. The first-order valence-corrected chi connectivity index (χ1v) is 7.50. The van der Waals surface area contributed by atoms with Crippen LogP contribution < -0.4 is 5.32 Å². The van der Waals surface area contributed by atoms with Crippen LogP contribution in [-0.4, -0.2) is 15.7 Å². The molecule has 5 heteroatoms. The van der Waals surface area contributed by atoms with E-state index in [1.165, 1.54) is 0 Å². The summed E-state index contributed by atoms with van der Waals surface area (Å²) in [5.74, 6) is 0.0496. The summed E-state index contributed by atoms with van der Waals surface area (Å²) >= 11 is 5.83. The first-order chi connectivity index (χ1) is 10.1. The topological polar surface area (TPSA) is 46.9 Å². The van der Waals surface area contributed by atoms with Crippen molar-refractivity contribution in [1.29, 1.82) is 0 Å². The predicted molar refractivity (Wildman–Crippen MR) is 84.3 cm³/mol. The number of carbonyl (C=O) groups excluding carboxylic acids is 1. The average Bonchev–Trinajstić information content (AvgIpc) is 2.85. The van der Waals surface area contributed by atoms with E-state index < -0.39 is 0 Å². The maximum Gasteiger partial charge on any atom is 0.220 e. The summed E-state index contributed by atoms with van der Waals surface area (Å²) in [6.07, 6.45) is 3.21. The maximum absolute atomic E-state index is 11.9. The first-order valence-electron chi connectivity index (χ1n) is 7.12. The molecule has 0 spiro atoms. The number of aromatic nitrogens is 2. The second kappa shape index (κ2) is 7.27. The number of rotatable bonds is 6. The van der Waals surface area contributed by atoms with Crippen LogP contribution in [0.3, 0.4) is 0 Å². The molecule has 0 bridgehead atoms. The number of hydrogen-bond donors (Lipinski definition) is 1. The van der Waals surface area contributed by atoms with Crippen LogP contribution in [0.5, 0.6) is 0 Å². The lowest BCUT2D eigenvalue weighted by Gasteiger charge is -2.05. The summed E-state index contributed by atoms with van der Waals surface area (Å²) < 4.78 is 1.90. The minimum absolute atomic E-state index is 0.0496. The van der Waals surface area contributed by atoms with Gasteiger partial charge in [0.1, 0.15) is 0 Å². The minimum atomic E-state index is 0.0496. The molecule has 1 N–H and O–H groups in total. The monoisotopic (exact) mass is 305 g/mol. The third kappa shape index (κ3) is 4.60. The van der Waals surface area contributed by atoms with Crippen molar-refractivity contribution in [1.82, 2.24) is 15.1 Å². The maximum atomic E-state index is 11.9. The van der Waals surface area contributed by atoms with Gasteiger partial charge in [-0.15, -0.1) is 0 Å². The van der Waals surface area contributed by atoms with Gasteiger partial charge in [-0.2, -0.15) is 5.10 Å². The molecule has 0 aliphatic rings. The molecule has 1 aromatic carbocycles. The van der Waals surface area contributed by atoms with Crippen molar-refractivity contribution < 1.29 is 4.79 Å². The highest BCUT2D eigenvalue weighted by molar-refractivity contribution is 6.30.